The Morgan fingerprint density at radius 2 is 2.14 bits per heavy atom. The SMILES string of the molecule is CC(C)(C)c1csc(C2CN(CC3CCNCC3)CCO2)n1. The van der Waals surface area contributed by atoms with Crippen LogP contribution in [0.25, 0.3) is 0 Å². The van der Waals surface area contributed by atoms with Crippen molar-refractivity contribution in [1.82, 2.24) is 15.2 Å². The number of nitrogens with zero attached hydrogens (tertiary/aromatic N) is 2. The number of aromatic nitrogens is 1. The molecule has 0 aromatic carbocycles. The molecule has 22 heavy (non-hydrogen) atoms. The van der Waals surface area contributed by atoms with Gasteiger partial charge in [0.15, 0.2) is 0 Å². The summed E-state index contributed by atoms with van der Waals surface area (Å²) in [7, 11) is 0. The third-order valence-electron chi connectivity index (χ3n) is 4.69. The van der Waals surface area contributed by atoms with Crippen LogP contribution in [0.2, 0.25) is 0 Å². The van der Waals surface area contributed by atoms with Gasteiger partial charge in [-0.1, -0.05) is 20.8 Å². The first-order chi connectivity index (χ1) is 10.5. The molecule has 2 aliphatic heterocycles. The van der Waals surface area contributed by atoms with Crippen LogP contribution in [0.1, 0.15) is 50.4 Å². The summed E-state index contributed by atoms with van der Waals surface area (Å²) in [6.07, 6.45) is 2.79. The van der Waals surface area contributed by atoms with Gasteiger partial charge in [0, 0.05) is 30.4 Å². The maximum Gasteiger partial charge on any atom is 0.123 e. The summed E-state index contributed by atoms with van der Waals surface area (Å²) in [5.41, 5.74) is 1.31. The highest BCUT2D eigenvalue weighted by Crippen LogP contribution is 2.30. The van der Waals surface area contributed by atoms with Crippen LogP contribution >= 0.6 is 11.3 Å². The van der Waals surface area contributed by atoms with E-state index in [1.807, 2.05) is 0 Å². The molecular formula is C17H29N3OS. The van der Waals surface area contributed by atoms with Gasteiger partial charge in [-0.3, -0.25) is 4.90 Å². The molecule has 124 valence electrons. The molecule has 2 aliphatic rings. The number of thiazole rings is 1. The predicted molar refractivity (Wildman–Crippen MR) is 91.5 cm³/mol. The van der Waals surface area contributed by atoms with Crippen LogP contribution in [0.15, 0.2) is 5.38 Å². The minimum Gasteiger partial charge on any atom is -0.368 e. The third kappa shape index (κ3) is 4.07. The monoisotopic (exact) mass is 323 g/mol. The fourth-order valence-electron chi connectivity index (χ4n) is 3.23. The Bertz CT molecular complexity index is 476. The number of hydrogen-bond acceptors (Lipinski definition) is 5. The molecule has 0 radical (unpaired) electrons. The van der Waals surface area contributed by atoms with Gasteiger partial charge in [-0.2, -0.15) is 0 Å². The first-order valence-corrected chi connectivity index (χ1v) is 9.41. The highest BCUT2D eigenvalue weighted by molar-refractivity contribution is 7.09. The Hall–Kier alpha value is -0.490. The van der Waals surface area contributed by atoms with Gasteiger partial charge >= 0.3 is 0 Å². The molecule has 0 bridgehead atoms. The van der Waals surface area contributed by atoms with Crippen molar-refractivity contribution in [3.05, 3.63) is 16.1 Å². The predicted octanol–water partition coefficient (Wildman–Crippen LogP) is 2.81. The standard InChI is InChI=1S/C17H29N3OS/c1-17(2,3)15-12-22-16(19-15)14-11-20(8-9-21-14)10-13-4-6-18-7-5-13/h12-14,18H,4-11H2,1-3H3. The van der Waals surface area contributed by atoms with Gasteiger partial charge in [0.05, 0.1) is 12.3 Å². The van der Waals surface area contributed by atoms with Crippen molar-refractivity contribution in [3.63, 3.8) is 0 Å². The molecule has 0 amide bonds. The molecule has 0 saturated carbocycles. The number of hydrogen-bond donors (Lipinski definition) is 1. The largest absolute Gasteiger partial charge is 0.368 e. The zero-order valence-electron chi connectivity index (χ0n) is 14.1. The molecule has 0 aliphatic carbocycles. The lowest BCUT2D eigenvalue weighted by molar-refractivity contribution is -0.0358. The van der Waals surface area contributed by atoms with Gasteiger partial charge in [-0.25, -0.2) is 4.98 Å². The number of ether oxygens (including phenoxy) is 1. The van der Waals surface area contributed by atoms with Gasteiger partial charge in [0.1, 0.15) is 11.1 Å². The summed E-state index contributed by atoms with van der Waals surface area (Å²) < 4.78 is 6.00. The van der Waals surface area contributed by atoms with Crippen LogP contribution in [0, 0.1) is 5.92 Å². The van der Waals surface area contributed by atoms with Crippen LogP contribution < -0.4 is 5.32 Å². The van der Waals surface area contributed by atoms with Crippen LogP contribution in [0.4, 0.5) is 0 Å². The Kier molecular flexibility index (Phi) is 5.17. The first-order valence-electron chi connectivity index (χ1n) is 8.53. The normalized spacial score (nSPS) is 25.5. The Morgan fingerprint density at radius 3 is 2.82 bits per heavy atom. The van der Waals surface area contributed by atoms with E-state index in [0.29, 0.717) is 0 Å². The number of nitrogens with one attached hydrogen (secondary N) is 1. The van der Waals surface area contributed by atoms with Crippen molar-refractivity contribution >= 4 is 11.3 Å². The third-order valence-corrected chi connectivity index (χ3v) is 5.63. The fraction of sp³-hybridized carbons (Fsp3) is 0.824. The lowest BCUT2D eigenvalue weighted by Crippen LogP contribution is -2.43. The molecule has 2 saturated heterocycles. The van der Waals surface area contributed by atoms with Crippen molar-refractivity contribution in [3.8, 4) is 0 Å². The fourth-order valence-corrected chi connectivity index (χ4v) is 4.31. The van der Waals surface area contributed by atoms with Crippen molar-refractivity contribution in [1.29, 1.82) is 0 Å². The smallest absolute Gasteiger partial charge is 0.123 e. The Labute approximate surface area is 138 Å². The molecule has 1 aromatic heterocycles. The molecule has 5 heteroatoms. The molecule has 0 spiro atoms. The Balaban J connectivity index is 1.59. The van der Waals surface area contributed by atoms with Gasteiger partial charge in [0.25, 0.3) is 0 Å². The minimum absolute atomic E-state index is 0.123. The van der Waals surface area contributed by atoms with Crippen molar-refractivity contribution in [2.45, 2.75) is 45.1 Å². The lowest BCUT2D eigenvalue weighted by atomic mass is 9.93. The van der Waals surface area contributed by atoms with Gasteiger partial charge in [-0.05, 0) is 31.8 Å². The molecule has 4 nitrogen and oxygen atoms in total. The molecule has 1 N–H and O–H groups in total. The van der Waals surface area contributed by atoms with E-state index in [1.165, 1.54) is 38.2 Å². The molecule has 2 fully saturated rings. The highest BCUT2D eigenvalue weighted by atomic mass is 32.1. The molecule has 1 atom stereocenters. The van der Waals surface area contributed by atoms with Crippen LogP contribution in [-0.2, 0) is 10.2 Å². The second-order valence-electron chi connectivity index (χ2n) is 7.63. The summed E-state index contributed by atoms with van der Waals surface area (Å²) in [6, 6.07) is 0. The van der Waals surface area contributed by atoms with E-state index in [0.717, 1.165) is 30.6 Å². The average Bonchev–Trinajstić information content (AvgIpc) is 2.99. The number of morpholine rings is 1. The maximum atomic E-state index is 6.00. The van der Waals surface area contributed by atoms with Gasteiger partial charge in [0.2, 0.25) is 0 Å². The van der Waals surface area contributed by atoms with Crippen LogP contribution in [0.5, 0.6) is 0 Å². The van der Waals surface area contributed by atoms with Gasteiger partial charge < -0.3 is 10.1 Å². The quantitative estimate of drug-likeness (QED) is 0.928. The summed E-state index contributed by atoms with van der Waals surface area (Å²) in [5, 5.41) is 6.80. The lowest BCUT2D eigenvalue weighted by Gasteiger charge is -2.35. The van der Waals surface area contributed by atoms with E-state index in [1.54, 1.807) is 11.3 Å². The minimum atomic E-state index is 0.123. The van der Waals surface area contributed by atoms with Crippen molar-refractivity contribution < 1.29 is 4.74 Å². The zero-order chi connectivity index (χ0) is 15.6. The van der Waals surface area contributed by atoms with Crippen molar-refractivity contribution in [2.24, 2.45) is 5.92 Å². The van der Waals surface area contributed by atoms with E-state index < -0.39 is 0 Å². The maximum absolute atomic E-state index is 6.00. The van der Waals surface area contributed by atoms with E-state index >= 15 is 0 Å². The van der Waals surface area contributed by atoms with Crippen molar-refractivity contribution in [2.75, 3.05) is 39.3 Å². The number of piperidine rings is 1. The van der Waals surface area contributed by atoms with E-state index in [4.69, 9.17) is 9.72 Å². The van der Waals surface area contributed by atoms with Crippen LogP contribution in [-0.4, -0.2) is 49.2 Å². The van der Waals surface area contributed by atoms with Gasteiger partial charge in [-0.15, -0.1) is 11.3 Å². The molecular weight excluding hydrogens is 294 g/mol. The van der Waals surface area contributed by atoms with E-state index in [2.05, 4.69) is 36.4 Å². The average molecular weight is 324 g/mol. The summed E-state index contributed by atoms with van der Waals surface area (Å²) in [5.74, 6) is 0.849. The first kappa shape index (κ1) is 16.4. The second-order valence-corrected chi connectivity index (χ2v) is 8.52. The summed E-state index contributed by atoms with van der Waals surface area (Å²) >= 11 is 1.76. The number of rotatable bonds is 3. The molecule has 3 heterocycles. The molecule has 3 rings (SSSR count). The second kappa shape index (κ2) is 6.95. The van der Waals surface area contributed by atoms with E-state index in [-0.39, 0.29) is 11.5 Å². The molecule has 1 aromatic rings. The van der Waals surface area contributed by atoms with E-state index in [9.17, 15) is 0 Å². The Morgan fingerprint density at radius 1 is 1.36 bits per heavy atom. The topological polar surface area (TPSA) is 37.4 Å². The zero-order valence-corrected chi connectivity index (χ0v) is 14.9. The summed E-state index contributed by atoms with van der Waals surface area (Å²) in [4.78, 5) is 7.43. The molecule has 1 unspecified atom stereocenters. The summed E-state index contributed by atoms with van der Waals surface area (Å²) in [6.45, 7) is 13.1. The highest BCUT2D eigenvalue weighted by Gasteiger charge is 2.28. The van der Waals surface area contributed by atoms with Crippen LogP contribution in [0.3, 0.4) is 0 Å².